The van der Waals surface area contributed by atoms with Crippen molar-refractivity contribution >= 4 is 53.4 Å². The number of benzene rings is 2. The van der Waals surface area contributed by atoms with Gasteiger partial charge in [-0.3, -0.25) is 4.90 Å². The second-order valence-electron chi connectivity index (χ2n) is 7.04. The third-order valence-corrected chi connectivity index (χ3v) is 7.85. The van der Waals surface area contributed by atoms with Crippen LogP contribution >= 0.6 is 27.5 Å². The van der Waals surface area contributed by atoms with E-state index >= 15 is 0 Å². The van der Waals surface area contributed by atoms with Crippen LogP contribution in [0.25, 0.3) is 10.1 Å². The molecule has 1 aliphatic heterocycles. The van der Waals surface area contributed by atoms with Gasteiger partial charge < -0.3 is 4.90 Å². The van der Waals surface area contributed by atoms with Crippen LogP contribution in [0.15, 0.2) is 57.9 Å². The standard InChI is InChI=1S/C20H23BrN4O2S2/c21-16-5-3-6-17(15-16)29(26,27)22-9-4-10-24-11-13-25(14-12-24)20-18-7-1-2-8-19(18)28-23-20/h1-3,5-8,15,22H,4,9-14H2. The zero-order valence-electron chi connectivity index (χ0n) is 15.9. The van der Waals surface area contributed by atoms with Crippen molar-refractivity contribution in [2.45, 2.75) is 11.3 Å². The number of halogens is 1. The zero-order chi connectivity index (χ0) is 20.3. The minimum absolute atomic E-state index is 0.288. The summed E-state index contributed by atoms with van der Waals surface area (Å²) in [7, 11) is -3.46. The molecule has 0 aliphatic carbocycles. The lowest BCUT2D eigenvalue weighted by molar-refractivity contribution is 0.255. The van der Waals surface area contributed by atoms with Crippen molar-refractivity contribution in [3.05, 3.63) is 53.0 Å². The van der Waals surface area contributed by atoms with E-state index in [0.717, 1.165) is 49.4 Å². The molecule has 1 N–H and O–H groups in total. The SMILES string of the molecule is O=S(=O)(NCCCN1CCN(c2nsc3ccccc23)CC1)c1cccc(Br)c1. The smallest absolute Gasteiger partial charge is 0.240 e. The number of aromatic nitrogens is 1. The summed E-state index contributed by atoms with van der Waals surface area (Å²) in [5, 5.41) is 1.23. The van der Waals surface area contributed by atoms with Gasteiger partial charge in [-0.1, -0.05) is 34.1 Å². The quantitative estimate of drug-likeness (QED) is 0.508. The van der Waals surface area contributed by atoms with Crippen molar-refractivity contribution in [2.24, 2.45) is 0 Å². The molecule has 0 saturated carbocycles. The molecular formula is C20H23BrN4O2S2. The van der Waals surface area contributed by atoms with E-state index in [2.05, 4.69) is 53.0 Å². The van der Waals surface area contributed by atoms with Gasteiger partial charge >= 0.3 is 0 Å². The van der Waals surface area contributed by atoms with Crippen molar-refractivity contribution in [3.63, 3.8) is 0 Å². The van der Waals surface area contributed by atoms with E-state index < -0.39 is 10.0 Å². The predicted octanol–water partition coefficient (Wildman–Crippen LogP) is 3.55. The molecule has 1 aliphatic rings. The first-order chi connectivity index (χ1) is 14.0. The lowest BCUT2D eigenvalue weighted by Crippen LogP contribution is -2.47. The molecule has 29 heavy (non-hydrogen) atoms. The van der Waals surface area contributed by atoms with Crippen LogP contribution in [0, 0.1) is 0 Å². The summed E-state index contributed by atoms with van der Waals surface area (Å²) in [6.07, 6.45) is 0.785. The Morgan fingerprint density at radius 1 is 1.07 bits per heavy atom. The number of rotatable bonds is 7. The lowest BCUT2D eigenvalue weighted by Gasteiger charge is -2.35. The summed E-state index contributed by atoms with van der Waals surface area (Å²) >= 11 is 4.87. The van der Waals surface area contributed by atoms with Crippen LogP contribution in [0.4, 0.5) is 5.82 Å². The number of piperazine rings is 1. The molecule has 3 aromatic rings. The van der Waals surface area contributed by atoms with Crippen LogP contribution in [0.2, 0.25) is 0 Å². The molecule has 0 atom stereocenters. The summed E-state index contributed by atoms with van der Waals surface area (Å²) in [5.74, 6) is 1.09. The highest BCUT2D eigenvalue weighted by Crippen LogP contribution is 2.29. The second kappa shape index (κ2) is 9.09. The average Bonchev–Trinajstić information content (AvgIpc) is 3.16. The molecule has 0 amide bonds. The molecule has 0 radical (unpaired) electrons. The van der Waals surface area contributed by atoms with E-state index in [4.69, 9.17) is 0 Å². The summed E-state index contributed by atoms with van der Waals surface area (Å²) in [6, 6.07) is 15.1. The van der Waals surface area contributed by atoms with Crippen LogP contribution in [-0.2, 0) is 10.0 Å². The van der Waals surface area contributed by atoms with E-state index in [1.807, 2.05) is 12.1 Å². The first-order valence-electron chi connectivity index (χ1n) is 9.60. The van der Waals surface area contributed by atoms with E-state index in [9.17, 15) is 8.42 Å². The third-order valence-electron chi connectivity index (χ3n) is 5.08. The highest BCUT2D eigenvalue weighted by Gasteiger charge is 2.20. The fourth-order valence-corrected chi connectivity index (χ4v) is 5.98. The lowest BCUT2D eigenvalue weighted by atomic mass is 10.2. The summed E-state index contributed by atoms with van der Waals surface area (Å²) in [6.45, 7) is 5.13. The van der Waals surface area contributed by atoms with Crippen LogP contribution < -0.4 is 9.62 Å². The maximum Gasteiger partial charge on any atom is 0.240 e. The van der Waals surface area contributed by atoms with Gasteiger partial charge in [-0.25, -0.2) is 13.1 Å². The Balaban J connectivity index is 1.23. The maximum atomic E-state index is 12.4. The Labute approximate surface area is 183 Å². The predicted molar refractivity (Wildman–Crippen MR) is 122 cm³/mol. The normalized spacial score (nSPS) is 15.8. The highest BCUT2D eigenvalue weighted by molar-refractivity contribution is 9.10. The van der Waals surface area contributed by atoms with Crippen LogP contribution in [0.3, 0.4) is 0 Å². The molecule has 9 heteroatoms. The molecule has 6 nitrogen and oxygen atoms in total. The van der Waals surface area contributed by atoms with Gasteiger partial charge in [0.1, 0.15) is 5.82 Å². The zero-order valence-corrected chi connectivity index (χ0v) is 19.1. The number of anilines is 1. The Morgan fingerprint density at radius 3 is 2.66 bits per heavy atom. The molecule has 4 rings (SSSR count). The minimum Gasteiger partial charge on any atom is -0.353 e. The van der Waals surface area contributed by atoms with E-state index in [-0.39, 0.29) is 4.90 Å². The Hall–Kier alpha value is -1.52. The van der Waals surface area contributed by atoms with Gasteiger partial charge in [0, 0.05) is 42.6 Å². The Morgan fingerprint density at radius 2 is 1.86 bits per heavy atom. The van der Waals surface area contributed by atoms with Crippen molar-refractivity contribution in [3.8, 4) is 0 Å². The van der Waals surface area contributed by atoms with Crippen molar-refractivity contribution in [2.75, 3.05) is 44.2 Å². The monoisotopic (exact) mass is 494 g/mol. The van der Waals surface area contributed by atoms with E-state index in [0.29, 0.717) is 6.54 Å². The van der Waals surface area contributed by atoms with Gasteiger partial charge in [-0.15, -0.1) is 0 Å². The van der Waals surface area contributed by atoms with Crippen LogP contribution in [-0.4, -0.2) is 57.0 Å². The van der Waals surface area contributed by atoms with Crippen LogP contribution in [0.1, 0.15) is 6.42 Å². The molecule has 154 valence electrons. The fourth-order valence-electron chi connectivity index (χ4n) is 3.51. The first-order valence-corrected chi connectivity index (χ1v) is 12.6. The average molecular weight is 495 g/mol. The first kappa shape index (κ1) is 20.7. The number of hydrogen-bond donors (Lipinski definition) is 1. The molecule has 1 fully saturated rings. The highest BCUT2D eigenvalue weighted by atomic mass is 79.9. The van der Waals surface area contributed by atoms with Crippen molar-refractivity contribution in [1.82, 2.24) is 14.0 Å². The second-order valence-corrected chi connectivity index (χ2v) is 10.5. The third kappa shape index (κ3) is 4.97. The van der Waals surface area contributed by atoms with Gasteiger partial charge in [0.2, 0.25) is 10.0 Å². The molecule has 1 saturated heterocycles. The molecule has 2 aromatic carbocycles. The van der Waals surface area contributed by atoms with Crippen molar-refractivity contribution in [1.29, 1.82) is 0 Å². The Kier molecular flexibility index (Phi) is 6.50. The molecule has 0 bridgehead atoms. The number of sulfonamides is 1. The van der Waals surface area contributed by atoms with Gasteiger partial charge in [0.05, 0.1) is 9.60 Å². The number of hydrogen-bond acceptors (Lipinski definition) is 6. The largest absolute Gasteiger partial charge is 0.353 e. The van der Waals surface area contributed by atoms with Crippen LogP contribution in [0.5, 0.6) is 0 Å². The summed E-state index contributed by atoms with van der Waals surface area (Å²) in [4.78, 5) is 5.03. The number of nitrogens with zero attached hydrogens (tertiary/aromatic N) is 3. The molecule has 0 unspecified atom stereocenters. The van der Waals surface area contributed by atoms with Gasteiger partial charge in [-0.05, 0) is 54.8 Å². The molecular weight excluding hydrogens is 472 g/mol. The fraction of sp³-hybridized carbons (Fsp3) is 0.350. The van der Waals surface area contributed by atoms with E-state index in [1.54, 1.807) is 29.7 Å². The van der Waals surface area contributed by atoms with E-state index in [1.165, 1.54) is 10.1 Å². The molecule has 0 spiro atoms. The summed E-state index contributed by atoms with van der Waals surface area (Å²) < 4.78 is 34.0. The van der Waals surface area contributed by atoms with Gasteiger partial charge in [0.25, 0.3) is 0 Å². The maximum absolute atomic E-state index is 12.4. The number of nitrogens with one attached hydrogen (secondary N) is 1. The summed E-state index contributed by atoms with van der Waals surface area (Å²) in [5.41, 5.74) is 0. The van der Waals surface area contributed by atoms with Gasteiger partial charge in [-0.2, -0.15) is 4.37 Å². The number of fused-ring (bicyclic) bond motifs is 1. The topological polar surface area (TPSA) is 65.5 Å². The van der Waals surface area contributed by atoms with Crippen molar-refractivity contribution < 1.29 is 8.42 Å². The molecule has 2 heterocycles. The van der Waals surface area contributed by atoms with Gasteiger partial charge in [0.15, 0.2) is 0 Å². The minimum atomic E-state index is -3.46. The Bertz CT molecular complexity index is 1080. The molecule has 1 aromatic heterocycles.